The zero-order valence-corrected chi connectivity index (χ0v) is 11.8. The first kappa shape index (κ1) is 13.2. The van der Waals surface area contributed by atoms with Crippen LogP contribution in [0.1, 0.15) is 25.7 Å². The highest BCUT2D eigenvalue weighted by atomic mass is 15.6. The summed E-state index contributed by atoms with van der Waals surface area (Å²) in [6.45, 7) is 4.48. The van der Waals surface area contributed by atoms with Gasteiger partial charge in [0.05, 0.1) is 6.54 Å². The Balaban J connectivity index is 1.50. The summed E-state index contributed by atoms with van der Waals surface area (Å²) in [5.41, 5.74) is 1.02. The van der Waals surface area contributed by atoms with E-state index in [1.807, 2.05) is 30.3 Å². The molecule has 1 aliphatic rings. The average Bonchev–Trinajstić information content (AvgIpc) is 2.98. The highest BCUT2D eigenvalue weighted by Crippen LogP contribution is 2.12. The molecule has 106 valence electrons. The van der Waals surface area contributed by atoms with Crippen LogP contribution in [-0.2, 0) is 6.54 Å². The van der Waals surface area contributed by atoms with Gasteiger partial charge in [0, 0.05) is 5.56 Å². The van der Waals surface area contributed by atoms with Gasteiger partial charge in [-0.3, -0.25) is 0 Å². The van der Waals surface area contributed by atoms with E-state index in [0.717, 1.165) is 25.1 Å². The number of aromatic nitrogens is 4. The molecule has 1 aromatic heterocycles. The quantitative estimate of drug-likeness (QED) is 0.836. The molecule has 1 fully saturated rings. The Morgan fingerprint density at radius 3 is 2.55 bits per heavy atom. The molecule has 2 heterocycles. The van der Waals surface area contributed by atoms with Gasteiger partial charge in [-0.15, -0.1) is 10.2 Å². The maximum Gasteiger partial charge on any atom is 0.204 e. The minimum atomic E-state index is 0.712. The molecule has 0 saturated carbocycles. The van der Waals surface area contributed by atoms with Gasteiger partial charge in [-0.2, -0.15) is 4.80 Å². The fourth-order valence-corrected chi connectivity index (χ4v) is 2.66. The van der Waals surface area contributed by atoms with Gasteiger partial charge in [0.1, 0.15) is 0 Å². The summed E-state index contributed by atoms with van der Waals surface area (Å²) in [6, 6.07) is 10.00. The standard InChI is InChI=1S/C15H21N5/c1-3-8-14(9-4-1)15-16-18-20(17-15)13-7-12-19-10-5-2-6-11-19/h1,3-4,8-9H,2,5-7,10-13H2. The van der Waals surface area contributed by atoms with Crippen LogP contribution in [0.25, 0.3) is 11.4 Å². The molecule has 0 spiro atoms. The van der Waals surface area contributed by atoms with Crippen molar-refractivity contribution in [2.24, 2.45) is 0 Å². The van der Waals surface area contributed by atoms with Crippen LogP contribution in [-0.4, -0.2) is 44.7 Å². The molecule has 1 saturated heterocycles. The zero-order chi connectivity index (χ0) is 13.6. The van der Waals surface area contributed by atoms with Gasteiger partial charge >= 0.3 is 0 Å². The molecule has 3 rings (SSSR count). The van der Waals surface area contributed by atoms with Crippen LogP contribution >= 0.6 is 0 Å². The van der Waals surface area contributed by atoms with E-state index in [0.29, 0.717) is 5.82 Å². The molecule has 0 N–H and O–H groups in total. The molecule has 0 aliphatic carbocycles. The van der Waals surface area contributed by atoms with Gasteiger partial charge in [-0.05, 0) is 44.1 Å². The summed E-state index contributed by atoms with van der Waals surface area (Å²) in [5, 5.41) is 12.7. The molecule has 1 aliphatic heterocycles. The molecule has 1 aromatic carbocycles. The number of piperidine rings is 1. The number of tetrazole rings is 1. The van der Waals surface area contributed by atoms with Crippen LogP contribution in [0.2, 0.25) is 0 Å². The highest BCUT2D eigenvalue weighted by Gasteiger charge is 2.10. The fourth-order valence-electron chi connectivity index (χ4n) is 2.66. The van der Waals surface area contributed by atoms with Crippen LogP contribution < -0.4 is 0 Å². The van der Waals surface area contributed by atoms with E-state index in [4.69, 9.17) is 0 Å². The van der Waals surface area contributed by atoms with Gasteiger partial charge in [0.2, 0.25) is 5.82 Å². The molecule has 5 heteroatoms. The van der Waals surface area contributed by atoms with Crippen molar-refractivity contribution in [3.63, 3.8) is 0 Å². The van der Waals surface area contributed by atoms with Crippen molar-refractivity contribution >= 4 is 0 Å². The Morgan fingerprint density at radius 1 is 0.950 bits per heavy atom. The van der Waals surface area contributed by atoms with Crippen molar-refractivity contribution in [2.75, 3.05) is 19.6 Å². The molecule has 5 nitrogen and oxygen atoms in total. The number of hydrogen-bond donors (Lipinski definition) is 0. The number of rotatable bonds is 5. The van der Waals surface area contributed by atoms with E-state index < -0.39 is 0 Å². The summed E-state index contributed by atoms with van der Waals surface area (Å²) in [6.07, 6.45) is 5.17. The molecule has 2 aromatic rings. The van der Waals surface area contributed by atoms with Crippen molar-refractivity contribution in [1.82, 2.24) is 25.1 Å². The first-order chi connectivity index (χ1) is 9.92. The Hall–Kier alpha value is -1.75. The lowest BCUT2D eigenvalue weighted by Gasteiger charge is -2.26. The molecule has 0 atom stereocenters. The third-order valence-corrected chi connectivity index (χ3v) is 3.77. The molecular weight excluding hydrogens is 250 g/mol. The van der Waals surface area contributed by atoms with E-state index in [2.05, 4.69) is 20.3 Å². The largest absolute Gasteiger partial charge is 0.303 e. The van der Waals surface area contributed by atoms with E-state index in [-0.39, 0.29) is 0 Å². The second-order valence-corrected chi connectivity index (χ2v) is 5.33. The SMILES string of the molecule is c1ccc(-c2nnn(CCCN3CCCCC3)n2)cc1. The predicted octanol–water partition coefficient (Wildman–Crippen LogP) is 2.22. The number of aryl methyl sites for hydroxylation is 1. The van der Waals surface area contributed by atoms with Crippen molar-refractivity contribution in [2.45, 2.75) is 32.2 Å². The van der Waals surface area contributed by atoms with Crippen LogP contribution in [0, 0.1) is 0 Å². The minimum absolute atomic E-state index is 0.712. The predicted molar refractivity (Wildman–Crippen MR) is 78.2 cm³/mol. The summed E-state index contributed by atoms with van der Waals surface area (Å²) in [7, 11) is 0. The summed E-state index contributed by atoms with van der Waals surface area (Å²) >= 11 is 0. The van der Waals surface area contributed by atoms with Crippen LogP contribution in [0.15, 0.2) is 30.3 Å². The van der Waals surface area contributed by atoms with Crippen molar-refractivity contribution in [1.29, 1.82) is 0 Å². The lowest BCUT2D eigenvalue weighted by Crippen LogP contribution is -2.31. The Labute approximate surface area is 119 Å². The van der Waals surface area contributed by atoms with E-state index in [1.165, 1.54) is 32.4 Å². The lowest BCUT2D eigenvalue weighted by atomic mass is 10.1. The first-order valence-corrected chi connectivity index (χ1v) is 7.47. The number of hydrogen-bond acceptors (Lipinski definition) is 4. The second kappa shape index (κ2) is 6.61. The first-order valence-electron chi connectivity index (χ1n) is 7.47. The number of nitrogens with zero attached hydrogens (tertiary/aromatic N) is 5. The average molecular weight is 271 g/mol. The molecule has 0 amide bonds. The normalized spacial score (nSPS) is 16.4. The summed E-state index contributed by atoms with van der Waals surface area (Å²) in [5.74, 6) is 0.712. The van der Waals surface area contributed by atoms with Crippen LogP contribution in [0.3, 0.4) is 0 Å². The molecule has 0 radical (unpaired) electrons. The third-order valence-electron chi connectivity index (χ3n) is 3.77. The maximum absolute atomic E-state index is 4.44. The van der Waals surface area contributed by atoms with E-state index >= 15 is 0 Å². The Morgan fingerprint density at radius 2 is 1.75 bits per heavy atom. The van der Waals surface area contributed by atoms with Crippen LogP contribution in [0.4, 0.5) is 0 Å². The lowest BCUT2D eigenvalue weighted by molar-refractivity contribution is 0.220. The molecule has 0 unspecified atom stereocenters. The monoisotopic (exact) mass is 271 g/mol. The fraction of sp³-hybridized carbons (Fsp3) is 0.533. The smallest absolute Gasteiger partial charge is 0.204 e. The van der Waals surface area contributed by atoms with E-state index in [9.17, 15) is 0 Å². The molecule has 20 heavy (non-hydrogen) atoms. The minimum Gasteiger partial charge on any atom is -0.303 e. The molecular formula is C15H21N5. The Bertz CT molecular complexity index is 516. The van der Waals surface area contributed by atoms with Crippen LogP contribution in [0.5, 0.6) is 0 Å². The highest BCUT2D eigenvalue weighted by molar-refractivity contribution is 5.52. The summed E-state index contributed by atoms with van der Waals surface area (Å²) in [4.78, 5) is 4.25. The van der Waals surface area contributed by atoms with E-state index in [1.54, 1.807) is 4.80 Å². The summed E-state index contributed by atoms with van der Waals surface area (Å²) < 4.78 is 0. The number of likely N-dealkylation sites (tertiary alicyclic amines) is 1. The van der Waals surface area contributed by atoms with Gasteiger partial charge < -0.3 is 4.90 Å². The topological polar surface area (TPSA) is 46.8 Å². The van der Waals surface area contributed by atoms with Gasteiger partial charge in [0.25, 0.3) is 0 Å². The zero-order valence-electron chi connectivity index (χ0n) is 11.8. The van der Waals surface area contributed by atoms with Crippen molar-refractivity contribution < 1.29 is 0 Å². The third kappa shape index (κ3) is 3.42. The second-order valence-electron chi connectivity index (χ2n) is 5.33. The van der Waals surface area contributed by atoms with Gasteiger partial charge in [0.15, 0.2) is 0 Å². The number of benzene rings is 1. The maximum atomic E-state index is 4.44. The molecule has 0 bridgehead atoms. The van der Waals surface area contributed by atoms with Gasteiger partial charge in [-0.1, -0.05) is 36.8 Å². The van der Waals surface area contributed by atoms with Crippen molar-refractivity contribution in [3.05, 3.63) is 30.3 Å². The van der Waals surface area contributed by atoms with Gasteiger partial charge in [-0.25, -0.2) is 0 Å². The van der Waals surface area contributed by atoms with Crippen molar-refractivity contribution in [3.8, 4) is 11.4 Å². The Kier molecular flexibility index (Phi) is 4.38.